The van der Waals surface area contributed by atoms with Crippen molar-refractivity contribution in [1.29, 1.82) is 0 Å². The molecule has 2 atom stereocenters. The molecule has 1 aliphatic carbocycles. The molecule has 20 heavy (non-hydrogen) atoms. The van der Waals surface area contributed by atoms with Gasteiger partial charge in [-0.3, -0.25) is 9.78 Å². The van der Waals surface area contributed by atoms with Gasteiger partial charge in [-0.25, -0.2) is 0 Å². The molecule has 0 radical (unpaired) electrons. The first kappa shape index (κ1) is 15.3. The Labute approximate surface area is 124 Å². The van der Waals surface area contributed by atoms with Crippen LogP contribution in [0.5, 0.6) is 0 Å². The molecule has 0 spiro atoms. The van der Waals surface area contributed by atoms with Crippen LogP contribution < -0.4 is 5.32 Å². The Balaban J connectivity index is 1.94. The summed E-state index contributed by atoms with van der Waals surface area (Å²) >= 11 is 6.06. The summed E-state index contributed by atoms with van der Waals surface area (Å²) in [5, 5.41) is 12.7. The van der Waals surface area contributed by atoms with Crippen LogP contribution in [0, 0.1) is 18.8 Å². The van der Waals surface area contributed by atoms with E-state index in [0.29, 0.717) is 29.0 Å². The van der Waals surface area contributed by atoms with Crippen LogP contribution in [0.15, 0.2) is 12.3 Å². The van der Waals surface area contributed by atoms with Crippen LogP contribution in [0.2, 0.25) is 5.02 Å². The fraction of sp³-hybridized carbons (Fsp3) is 0.600. The highest BCUT2D eigenvalue weighted by Crippen LogP contribution is 2.29. The molecule has 4 nitrogen and oxygen atoms in total. The van der Waals surface area contributed by atoms with E-state index in [1.807, 2.05) is 6.92 Å². The predicted molar refractivity (Wildman–Crippen MR) is 78.9 cm³/mol. The topological polar surface area (TPSA) is 62.2 Å². The molecular formula is C15H21ClN2O2. The van der Waals surface area contributed by atoms with Crippen molar-refractivity contribution < 1.29 is 9.90 Å². The van der Waals surface area contributed by atoms with Crippen LogP contribution in [0.1, 0.15) is 41.7 Å². The number of halogens is 1. The lowest BCUT2D eigenvalue weighted by molar-refractivity contribution is 0.0909. The van der Waals surface area contributed by atoms with Crippen LogP contribution in [0.25, 0.3) is 0 Å². The number of nitrogens with zero attached hydrogens (tertiary/aromatic N) is 1. The fourth-order valence-corrected chi connectivity index (χ4v) is 3.10. The number of amides is 1. The molecular weight excluding hydrogens is 276 g/mol. The maximum Gasteiger partial charge on any atom is 0.254 e. The molecule has 0 aromatic carbocycles. The summed E-state index contributed by atoms with van der Waals surface area (Å²) < 4.78 is 0. The molecule has 1 saturated carbocycles. The second kappa shape index (κ2) is 7.04. The molecule has 1 aromatic heterocycles. The Morgan fingerprint density at radius 2 is 2.15 bits per heavy atom. The lowest BCUT2D eigenvalue weighted by Gasteiger charge is -2.30. The number of carbonyl (C=O) groups excluding carboxylic acids is 1. The molecule has 2 rings (SSSR count). The number of nitrogens with one attached hydrogen (secondary N) is 1. The van der Waals surface area contributed by atoms with Gasteiger partial charge in [-0.1, -0.05) is 24.4 Å². The largest absolute Gasteiger partial charge is 0.396 e. The molecule has 1 amide bonds. The maximum absolute atomic E-state index is 12.1. The van der Waals surface area contributed by atoms with Gasteiger partial charge in [0.1, 0.15) is 0 Å². The van der Waals surface area contributed by atoms with E-state index in [1.165, 1.54) is 19.0 Å². The number of aryl methyl sites for hydroxylation is 1. The Morgan fingerprint density at radius 3 is 2.80 bits per heavy atom. The average molecular weight is 297 g/mol. The third-order valence-electron chi connectivity index (χ3n) is 4.06. The number of pyridine rings is 1. The van der Waals surface area contributed by atoms with Crippen molar-refractivity contribution in [2.45, 2.75) is 32.6 Å². The summed E-state index contributed by atoms with van der Waals surface area (Å²) in [6.45, 7) is 2.63. The van der Waals surface area contributed by atoms with Gasteiger partial charge in [0.25, 0.3) is 5.91 Å². The SMILES string of the molecule is Cc1cc(Cl)c(C(=O)NCC2CCCCC2CO)cn1. The van der Waals surface area contributed by atoms with Gasteiger partial charge in [0, 0.05) is 25.0 Å². The van der Waals surface area contributed by atoms with Crippen molar-refractivity contribution in [3.63, 3.8) is 0 Å². The minimum atomic E-state index is -0.190. The second-order valence-corrected chi connectivity index (χ2v) is 5.91. The predicted octanol–water partition coefficient (Wildman–Crippen LogP) is 2.57. The van der Waals surface area contributed by atoms with Crippen molar-refractivity contribution >= 4 is 17.5 Å². The third-order valence-corrected chi connectivity index (χ3v) is 4.37. The van der Waals surface area contributed by atoms with E-state index in [-0.39, 0.29) is 12.5 Å². The van der Waals surface area contributed by atoms with E-state index < -0.39 is 0 Å². The molecule has 0 aliphatic heterocycles. The molecule has 110 valence electrons. The molecule has 0 saturated heterocycles. The summed E-state index contributed by atoms with van der Waals surface area (Å²) in [7, 11) is 0. The zero-order chi connectivity index (χ0) is 14.5. The van der Waals surface area contributed by atoms with Gasteiger partial charge in [0.2, 0.25) is 0 Å². The smallest absolute Gasteiger partial charge is 0.254 e. The molecule has 1 aliphatic rings. The monoisotopic (exact) mass is 296 g/mol. The van der Waals surface area contributed by atoms with Crippen LogP contribution in [0.4, 0.5) is 0 Å². The second-order valence-electron chi connectivity index (χ2n) is 5.50. The highest BCUT2D eigenvalue weighted by molar-refractivity contribution is 6.33. The molecule has 1 aromatic rings. The number of carbonyl (C=O) groups is 1. The highest BCUT2D eigenvalue weighted by Gasteiger charge is 2.25. The lowest BCUT2D eigenvalue weighted by Crippen LogP contribution is -2.35. The number of aliphatic hydroxyl groups excluding tert-OH is 1. The van der Waals surface area contributed by atoms with Crippen molar-refractivity contribution in [2.75, 3.05) is 13.2 Å². The van der Waals surface area contributed by atoms with Gasteiger partial charge in [0.05, 0.1) is 10.6 Å². The number of rotatable bonds is 4. The zero-order valence-electron chi connectivity index (χ0n) is 11.7. The van der Waals surface area contributed by atoms with Crippen molar-refractivity contribution in [2.24, 2.45) is 11.8 Å². The van der Waals surface area contributed by atoms with E-state index in [4.69, 9.17) is 11.6 Å². The first-order valence-electron chi connectivity index (χ1n) is 7.13. The molecule has 5 heteroatoms. The van der Waals surface area contributed by atoms with Crippen LogP contribution in [0.3, 0.4) is 0 Å². The summed E-state index contributed by atoms with van der Waals surface area (Å²) in [6.07, 6.45) is 5.96. The minimum Gasteiger partial charge on any atom is -0.396 e. The summed E-state index contributed by atoms with van der Waals surface area (Å²) in [4.78, 5) is 16.2. The number of hydrogen-bond acceptors (Lipinski definition) is 3. The normalized spacial score (nSPS) is 22.6. The van der Waals surface area contributed by atoms with E-state index in [9.17, 15) is 9.90 Å². The lowest BCUT2D eigenvalue weighted by atomic mass is 9.79. The Kier molecular flexibility index (Phi) is 5.38. The van der Waals surface area contributed by atoms with Crippen LogP contribution >= 0.6 is 11.6 Å². The maximum atomic E-state index is 12.1. The van der Waals surface area contributed by atoms with E-state index in [0.717, 1.165) is 18.5 Å². The van der Waals surface area contributed by atoms with E-state index in [2.05, 4.69) is 10.3 Å². The molecule has 1 heterocycles. The van der Waals surface area contributed by atoms with Crippen molar-refractivity contribution in [3.05, 3.63) is 28.5 Å². The van der Waals surface area contributed by atoms with Gasteiger partial charge >= 0.3 is 0 Å². The minimum absolute atomic E-state index is 0.190. The molecule has 1 fully saturated rings. The number of hydrogen-bond donors (Lipinski definition) is 2. The quantitative estimate of drug-likeness (QED) is 0.897. The standard InChI is InChI=1S/C15H21ClN2O2/c1-10-6-14(16)13(8-17-10)15(20)18-7-11-4-2-3-5-12(11)9-19/h6,8,11-12,19H,2-5,7,9H2,1H3,(H,18,20). The third kappa shape index (κ3) is 3.70. The first-order chi connectivity index (χ1) is 9.61. The molecule has 2 N–H and O–H groups in total. The van der Waals surface area contributed by atoms with Gasteiger partial charge in [-0.15, -0.1) is 0 Å². The van der Waals surface area contributed by atoms with Gasteiger partial charge in [0.15, 0.2) is 0 Å². The zero-order valence-corrected chi connectivity index (χ0v) is 12.5. The van der Waals surface area contributed by atoms with Crippen LogP contribution in [-0.4, -0.2) is 29.1 Å². The van der Waals surface area contributed by atoms with Gasteiger partial charge in [-0.2, -0.15) is 0 Å². The van der Waals surface area contributed by atoms with E-state index in [1.54, 1.807) is 6.07 Å². The van der Waals surface area contributed by atoms with Crippen molar-refractivity contribution in [3.8, 4) is 0 Å². The molecule has 0 bridgehead atoms. The van der Waals surface area contributed by atoms with Gasteiger partial charge < -0.3 is 10.4 Å². The summed E-state index contributed by atoms with van der Waals surface area (Å²) in [5.41, 5.74) is 1.20. The van der Waals surface area contributed by atoms with Crippen LogP contribution in [-0.2, 0) is 0 Å². The Hall–Kier alpha value is -1.13. The number of aromatic nitrogens is 1. The number of aliphatic hydroxyl groups is 1. The average Bonchev–Trinajstić information content (AvgIpc) is 2.45. The molecule has 2 unspecified atom stereocenters. The summed E-state index contributed by atoms with van der Waals surface area (Å²) in [6, 6.07) is 1.69. The summed E-state index contributed by atoms with van der Waals surface area (Å²) in [5.74, 6) is 0.468. The van der Waals surface area contributed by atoms with Crippen molar-refractivity contribution in [1.82, 2.24) is 10.3 Å². The van der Waals surface area contributed by atoms with E-state index >= 15 is 0 Å². The fourth-order valence-electron chi connectivity index (χ4n) is 2.81. The Bertz CT molecular complexity index is 479. The van der Waals surface area contributed by atoms with Gasteiger partial charge in [-0.05, 0) is 37.7 Å². The highest BCUT2D eigenvalue weighted by atomic mass is 35.5. The Morgan fingerprint density at radius 1 is 1.45 bits per heavy atom. The first-order valence-corrected chi connectivity index (χ1v) is 7.51.